The van der Waals surface area contributed by atoms with E-state index < -0.39 is 13.5 Å². The Balaban J connectivity index is 0.000000364. The standard InChI is InChI=1S/2C21H27N2.2C10H12O.3C9H5Cl2NO.CH2Cl2.CH2O3.2ClH.2Cs.2Ru.H/c2*1-14-9-16(3)20(17(4)10-14)22-7-8-23(13-22)21-18(5)11-15(2)12-19(21)6;2*1-8(2)11-10-7-5-4-6-9(10)3;3*10-6-4-7(11)9(13)8-5(6)2-1-3-12-8;2-1-3;2-1-4-3;;;;;;;/h2*9-13H,7-8H2,1-6H3;2*3-8H,1-2H3;3*1-4,13H;1H2;1,3H;2*1H;;;;;/q2*-1;;;;;;;;;;3*+1;+2;-1/p-3. The fraction of sp³-hybridized carbons (Fsp3) is 0.253. The number of carbonyl (C=O) groups excluding carboxylic acids is 1. The number of alkyl halides is 2. The number of nitrogens with zero attached hydrogens (tertiary/aromatic N) is 7. The molecule has 2 fully saturated rings. The molecule has 3 aromatic heterocycles. The van der Waals surface area contributed by atoms with E-state index in [1.807, 2.05) is 85.4 Å². The monoisotopic (exact) mass is 2240 g/mol. The third-order valence-corrected chi connectivity index (χ3v) is 21.8. The van der Waals surface area contributed by atoms with Crippen molar-refractivity contribution in [1.29, 1.82) is 0 Å². The van der Waals surface area contributed by atoms with Crippen LogP contribution in [-0.2, 0) is 41.1 Å². The van der Waals surface area contributed by atoms with E-state index >= 15 is 0 Å². The molecule has 9 aromatic carbocycles. The molecule has 2 saturated heterocycles. The van der Waals surface area contributed by atoms with E-state index in [0.29, 0.717) is 47.8 Å². The number of pyridine rings is 3. The van der Waals surface area contributed by atoms with Gasteiger partial charge in [0, 0.05) is 83.7 Å². The molecule has 2 aliphatic rings. The average molecular weight is 2240 g/mol. The SMILES string of the molecule is CC(C)Oc1ccccc1[CH]=[Ru+].CC(C)Oc1ccccc1[CH]=[Ru]([Cl])[Cl].Cc1cc(C)c(N2[CH-]N(c3c(C)cc(C)cc3C)CC2)c(C)c1.Cc1cc(C)c(N2[CH-]N(c3c(C)cc(C)cc3C)CC2)c(C)c1.ClCCl.O=CO[O-].Oc1c(Cl)cc(Cl)c2cccnc12.Oc1c(Cl)cc(Cl)c2cccnc12.Oc1c(Cl)cc(Cl)c2cccnc12.[Cs+].[Cs+].[H-]. The Morgan fingerprint density at radius 1 is 0.442 bits per heavy atom. The van der Waals surface area contributed by atoms with E-state index in [0.717, 1.165) is 48.8 Å². The van der Waals surface area contributed by atoms with Gasteiger partial charge in [0.05, 0.1) is 35.5 Å². The molecule has 14 rings (SSSR count). The summed E-state index contributed by atoms with van der Waals surface area (Å²) in [5.41, 5.74) is 25.1. The first kappa shape index (κ1) is 109. The molecule has 2 aliphatic heterocycles. The molecule has 0 spiro atoms. The van der Waals surface area contributed by atoms with Crippen LogP contribution in [-0.4, -0.2) is 89.7 Å². The molecule has 0 unspecified atom stereocenters. The van der Waals surface area contributed by atoms with Crippen molar-refractivity contribution in [2.24, 2.45) is 0 Å². The van der Waals surface area contributed by atoms with Crippen molar-refractivity contribution < 1.29 is 210 Å². The number of hydrogen-bond acceptors (Lipinski definition) is 15. The van der Waals surface area contributed by atoms with Crippen LogP contribution >= 0.6 is 112 Å². The Kier molecular flexibility index (Phi) is 49.9. The zero-order chi connectivity index (χ0) is 87.4. The van der Waals surface area contributed by atoms with Gasteiger partial charge in [0.1, 0.15) is 16.6 Å². The summed E-state index contributed by atoms with van der Waals surface area (Å²) in [5, 5.41) is 41.4. The van der Waals surface area contributed by atoms with Gasteiger partial charge < -0.3 is 46.5 Å². The van der Waals surface area contributed by atoms with Gasteiger partial charge in [-0.1, -0.05) is 140 Å². The minimum absolute atomic E-state index is 0. The number of para-hydroxylation sites is 2. The predicted octanol–water partition coefficient (Wildman–Crippen LogP) is 19.4. The third kappa shape index (κ3) is 32.8. The number of aryl methyl sites for hydroxylation is 12. The molecule has 0 aliphatic carbocycles. The van der Waals surface area contributed by atoms with Crippen LogP contribution in [0, 0.1) is 96.4 Å². The number of phenols is 3. The molecular formula is C91H97Cl10Cs2N7O8Ru2-. The average Bonchev–Trinajstić information content (AvgIpc) is 0.839. The van der Waals surface area contributed by atoms with Crippen LogP contribution in [0.1, 0.15) is 107 Å². The van der Waals surface area contributed by atoms with Crippen LogP contribution in [0.4, 0.5) is 22.7 Å². The fourth-order valence-corrected chi connectivity index (χ4v) is 17.4. The number of hydrogen-bond donors (Lipinski definition) is 3. The topological polar surface area (TPSA) is 180 Å². The zero-order valence-electron chi connectivity index (χ0n) is 71.2. The first-order chi connectivity index (χ1) is 56.0. The van der Waals surface area contributed by atoms with E-state index in [2.05, 4.69) is 202 Å². The smallest absolute Gasteiger partial charge is 1.00 e. The second-order valence-electron chi connectivity index (χ2n) is 27.9. The number of halogens is 10. The van der Waals surface area contributed by atoms with Crippen LogP contribution in [0.25, 0.3) is 32.7 Å². The van der Waals surface area contributed by atoms with Gasteiger partial charge in [0.15, 0.2) is 17.2 Å². The Morgan fingerprint density at radius 3 is 0.917 bits per heavy atom. The summed E-state index contributed by atoms with van der Waals surface area (Å²) < 4.78 is 15.1. The molecule has 12 aromatic rings. The van der Waals surface area contributed by atoms with Gasteiger partial charge in [-0.25, -0.2) is 0 Å². The number of carbonyl (C=O) groups is 1. The van der Waals surface area contributed by atoms with E-state index in [9.17, 15) is 15.3 Å². The number of phenolic OH excluding ortho intramolecular Hbond substituents is 3. The maximum atomic E-state index is 9.53. The van der Waals surface area contributed by atoms with Crippen LogP contribution in [0.5, 0.6) is 28.7 Å². The van der Waals surface area contributed by atoms with Crippen LogP contribution in [0.15, 0.2) is 170 Å². The number of ether oxygens (including phenoxy) is 2. The summed E-state index contributed by atoms with van der Waals surface area (Å²) in [6.45, 7) is 43.0. The Hall–Kier alpha value is -3.17. The van der Waals surface area contributed by atoms with Crippen molar-refractivity contribution in [1.82, 2.24) is 15.0 Å². The van der Waals surface area contributed by atoms with Gasteiger partial charge in [-0.15, -0.1) is 23.2 Å². The largest absolute Gasteiger partial charge is 1.00 e. The molecule has 0 saturated carbocycles. The molecule has 0 atom stereocenters. The van der Waals surface area contributed by atoms with Gasteiger partial charge in [-0.2, -0.15) is 13.3 Å². The summed E-state index contributed by atoms with van der Waals surface area (Å²) in [7, 11) is 11.6. The van der Waals surface area contributed by atoms with Crippen molar-refractivity contribution in [2.75, 3.05) is 51.1 Å². The molecule has 3 N–H and O–H groups in total. The van der Waals surface area contributed by atoms with E-state index in [1.54, 1.807) is 55.0 Å². The number of benzene rings is 9. The Bertz CT molecular complexity index is 4890. The molecule has 15 nitrogen and oxygen atoms in total. The minimum atomic E-state index is -1.77. The molecule has 120 heavy (non-hydrogen) atoms. The molecule has 0 amide bonds. The summed E-state index contributed by atoms with van der Waals surface area (Å²) in [4.78, 5) is 32.8. The summed E-state index contributed by atoms with van der Waals surface area (Å²) in [6.07, 6.45) is 5.13. The minimum Gasteiger partial charge on any atom is -1.00 e. The van der Waals surface area contributed by atoms with Gasteiger partial charge in [-0.05, 0) is 182 Å². The van der Waals surface area contributed by atoms with Gasteiger partial charge in [-0.3, -0.25) is 19.7 Å². The van der Waals surface area contributed by atoms with Crippen LogP contribution in [0.3, 0.4) is 0 Å². The molecule has 0 radical (unpaired) electrons. The second-order valence-corrected chi connectivity index (χ2v) is 37.3. The molecule has 633 valence electrons. The Morgan fingerprint density at radius 2 is 0.683 bits per heavy atom. The third-order valence-electron chi connectivity index (χ3n) is 17.6. The van der Waals surface area contributed by atoms with Crippen molar-refractivity contribution in [3.8, 4) is 28.7 Å². The van der Waals surface area contributed by atoms with Crippen molar-refractivity contribution in [3.05, 3.63) is 292 Å². The first-order valence-electron chi connectivity index (χ1n) is 36.9. The van der Waals surface area contributed by atoms with Crippen molar-refractivity contribution in [2.45, 2.75) is 123 Å². The van der Waals surface area contributed by atoms with Crippen LogP contribution in [0.2, 0.25) is 30.1 Å². The second kappa shape index (κ2) is 54.9. The van der Waals surface area contributed by atoms with E-state index in [4.69, 9.17) is 132 Å². The summed E-state index contributed by atoms with van der Waals surface area (Å²) in [5.74, 6) is 1.72. The maximum absolute atomic E-state index is 9.53. The maximum Gasteiger partial charge on any atom is 1.00 e. The number of rotatable bonds is 11. The molecule has 0 bridgehead atoms. The molecule has 5 heterocycles. The van der Waals surface area contributed by atoms with Crippen molar-refractivity contribution in [3.63, 3.8) is 0 Å². The normalized spacial score (nSPS) is 11.7. The van der Waals surface area contributed by atoms with E-state index in [-0.39, 0.29) is 196 Å². The summed E-state index contributed by atoms with van der Waals surface area (Å²) in [6, 6.07) is 49.1. The zero-order valence-corrected chi connectivity index (χ0v) is 93.8. The Labute approximate surface area is 888 Å². The number of aromatic nitrogens is 3. The number of anilines is 4. The van der Waals surface area contributed by atoms with E-state index in [1.165, 1.54) is 108 Å². The summed E-state index contributed by atoms with van der Waals surface area (Å²) >= 11 is 45.1. The van der Waals surface area contributed by atoms with Gasteiger partial charge >= 0.3 is 318 Å². The predicted molar refractivity (Wildman–Crippen MR) is 492 cm³/mol. The number of fused-ring (bicyclic) bond motifs is 3. The fourth-order valence-electron chi connectivity index (χ4n) is 13.6. The van der Waals surface area contributed by atoms with Crippen LogP contribution < -0.4 is 172 Å². The van der Waals surface area contributed by atoms with Gasteiger partial charge in [0.2, 0.25) is 0 Å². The van der Waals surface area contributed by atoms with Gasteiger partial charge in [0.25, 0.3) is 6.47 Å². The first-order valence-corrected chi connectivity index (χ1v) is 46.7. The number of aromatic hydroxyl groups is 3. The molecule has 29 heteroatoms. The van der Waals surface area contributed by atoms with Crippen molar-refractivity contribution >= 4 is 183 Å². The quantitative estimate of drug-likeness (QED) is 0.0278. The molecular weight excluding hydrogens is 2140 g/mol.